The first-order valence-corrected chi connectivity index (χ1v) is 6.76. The van der Waals surface area contributed by atoms with Crippen LogP contribution >= 0.6 is 0 Å². The number of benzene rings is 2. The van der Waals surface area contributed by atoms with E-state index in [1.54, 1.807) is 0 Å². The molecule has 18 heavy (non-hydrogen) atoms. The van der Waals surface area contributed by atoms with E-state index in [2.05, 4.69) is 17.0 Å². The summed E-state index contributed by atoms with van der Waals surface area (Å²) in [7, 11) is 0. The van der Waals surface area contributed by atoms with Crippen molar-refractivity contribution in [2.24, 2.45) is 0 Å². The summed E-state index contributed by atoms with van der Waals surface area (Å²) in [6, 6.07) is 12.1. The van der Waals surface area contributed by atoms with Gasteiger partial charge >= 0.3 is 0 Å². The molecule has 1 N–H and O–H groups in total. The van der Waals surface area contributed by atoms with Gasteiger partial charge in [-0.25, -0.2) is 0 Å². The highest BCUT2D eigenvalue weighted by Crippen LogP contribution is 2.27. The molecule has 0 amide bonds. The summed E-state index contributed by atoms with van der Waals surface area (Å²) in [4.78, 5) is 2.49. The average Bonchev–Trinajstić information content (AvgIpc) is 2.91. The maximum absolute atomic E-state index is 10.1. The van der Waals surface area contributed by atoms with Gasteiger partial charge < -0.3 is 10.0 Å². The summed E-state index contributed by atoms with van der Waals surface area (Å²) < 4.78 is 0. The number of rotatable bonds is 3. The molecule has 0 atom stereocenters. The Kier molecular flexibility index (Phi) is 3.20. The van der Waals surface area contributed by atoms with Crippen LogP contribution in [0.1, 0.15) is 18.4 Å². The van der Waals surface area contributed by atoms with Gasteiger partial charge in [0.2, 0.25) is 0 Å². The molecule has 0 bridgehead atoms. The van der Waals surface area contributed by atoms with Gasteiger partial charge in [-0.1, -0.05) is 30.3 Å². The molecule has 0 saturated carbocycles. The fourth-order valence-corrected chi connectivity index (χ4v) is 2.86. The first kappa shape index (κ1) is 11.5. The van der Waals surface area contributed by atoms with E-state index < -0.39 is 0 Å². The van der Waals surface area contributed by atoms with Crippen molar-refractivity contribution in [3.8, 4) is 5.75 Å². The largest absolute Gasteiger partial charge is 0.508 e. The summed E-state index contributed by atoms with van der Waals surface area (Å²) in [5.74, 6) is 0.438. The molecular weight excluding hydrogens is 222 g/mol. The smallest absolute Gasteiger partial charge is 0.119 e. The molecule has 2 aromatic rings. The fraction of sp³-hybridized carbons (Fsp3) is 0.375. The van der Waals surface area contributed by atoms with E-state index in [0.717, 1.165) is 18.5 Å². The molecule has 1 heterocycles. The van der Waals surface area contributed by atoms with Gasteiger partial charge in [0.05, 0.1) is 0 Å². The van der Waals surface area contributed by atoms with Crippen LogP contribution in [0.5, 0.6) is 5.75 Å². The predicted octanol–water partition coefficient (Wildman–Crippen LogP) is 3.18. The third kappa shape index (κ3) is 2.21. The molecule has 0 radical (unpaired) electrons. The SMILES string of the molecule is Oc1ccc2ccccc2c1CCN1CCCC1. The van der Waals surface area contributed by atoms with Crippen molar-refractivity contribution in [2.45, 2.75) is 19.3 Å². The summed E-state index contributed by atoms with van der Waals surface area (Å²) >= 11 is 0. The Morgan fingerprint density at radius 1 is 1.00 bits per heavy atom. The predicted molar refractivity (Wildman–Crippen MR) is 75.0 cm³/mol. The number of fused-ring (bicyclic) bond motifs is 1. The number of likely N-dealkylation sites (tertiary alicyclic amines) is 1. The van der Waals surface area contributed by atoms with Crippen LogP contribution in [-0.2, 0) is 6.42 Å². The van der Waals surface area contributed by atoms with Crippen LogP contribution in [0, 0.1) is 0 Å². The third-order valence-electron chi connectivity index (χ3n) is 3.89. The molecule has 2 nitrogen and oxygen atoms in total. The molecular formula is C16H19NO. The Balaban J connectivity index is 1.87. The van der Waals surface area contributed by atoms with Gasteiger partial charge in [-0.15, -0.1) is 0 Å². The normalized spacial score (nSPS) is 16.4. The zero-order valence-corrected chi connectivity index (χ0v) is 10.6. The van der Waals surface area contributed by atoms with E-state index in [1.807, 2.05) is 24.3 Å². The van der Waals surface area contributed by atoms with E-state index >= 15 is 0 Å². The molecule has 0 spiro atoms. The van der Waals surface area contributed by atoms with Gasteiger partial charge in [-0.3, -0.25) is 0 Å². The van der Waals surface area contributed by atoms with Crippen molar-refractivity contribution < 1.29 is 5.11 Å². The highest BCUT2D eigenvalue weighted by molar-refractivity contribution is 5.87. The van der Waals surface area contributed by atoms with Gasteiger partial charge in [0.15, 0.2) is 0 Å². The average molecular weight is 241 g/mol. The van der Waals surface area contributed by atoms with Crippen LogP contribution in [0.4, 0.5) is 0 Å². The monoisotopic (exact) mass is 241 g/mol. The van der Waals surface area contributed by atoms with Gasteiger partial charge in [0, 0.05) is 12.1 Å². The van der Waals surface area contributed by atoms with E-state index in [-0.39, 0.29) is 0 Å². The van der Waals surface area contributed by atoms with Crippen LogP contribution in [-0.4, -0.2) is 29.6 Å². The number of hydrogen-bond donors (Lipinski definition) is 1. The molecule has 1 saturated heterocycles. The molecule has 1 fully saturated rings. The van der Waals surface area contributed by atoms with E-state index in [9.17, 15) is 5.11 Å². The summed E-state index contributed by atoms with van der Waals surface area (Å²) in [5.41, 5.74) is 1.10. The van der Waals surface area contributed by atoms with Gasteiger partial charge in [-0.2, -0.15) is 0 Å². The fourth-order valence-electron chi connectivity index (χ4n) is 2.86. The zero-order valence-electron chi connectivity index (χ0n) is 10.6. The molecule has 0 aliphatic carbocycles. The highest BCUT2D eigenvalue weighted by atomic mass is 16.3. The Labute approximate surface area is 108 Å². The van der Waals surface area contributed by atoms with Crippen molar-refractivity contribution >= 4 is 10.8 Å². The van der Waals surface area contributed by atoms with Crippen molar-refractivity contribution in [3.63, 3.8) is 0 Å². The molecule has 0 aromatic heterocycles. The van der Waals surface area contributed by atoms with E-state index in [0.29, 0.717) is 5.75 Å². The second-order valence-electron chi connectivity index (χ2n) is 5.08. The number of phenols is 1. The minimum Gasteiger partial charge on any atom is -0.508 e. The summed E-state index contributed by atoms with van der Waals surface area (Å²) in [6.45, 7) is 3.48. The lowest BCUT2D eigenvalue weighted by molar-refractivity contribution is 0.341. The minimum absolute atomic E-state index is 0.438. The molecule has 94 valence electrons. The first-order valence-electron chi connectivity index (χ1n) is 6.76. The van der Waals surface area contributed by atoms with Gasteiger partial charge in [0.25, 0.3) is 0 Å². The Morgan fingerprint density at radius 2 is 1.78 bits per heavy atom. The van der Waals surface area contributed by atoms with Crippen molar-refractivity contribution in [3.05, 3.63) is 42.0 Å². The quantitative estimate of drug-likeness (QED) is 0.892. The highest BCUT2D eigenvalue weighted by Gasteiger charge is 2.13. The second-order valence-corrected chi connectivity index (χ2v) is 5.08. The van der Waals surface area contributed by atoms with Gasteiger partial charge in [-0.05, 0) is 49.2 Å². The lowest BCUT2D eigenvalue weighted by Gasteiger charge is -2.16. The van der Waals surface area contributed by atoms with Crippen LogP contribution in [0.3, 0.4) is 0 Å². The Hall–Kier alpha value is -1.54. The Bertz CT molecular complexity index is 544. The standard InChI is InChI=1S/C16H19NO/c18-16-8-7-13-5-1-2-6-14(13)15(16)9-12-17-10-3-4-11-17/h1-2,5-8,18H,3-4,9-12H2. The number of nitrogens with zero attached hydrogens (tertiary/aromatic N) is 1. The zero-order chi connectivity index (χ0) is 12.4. The minimum atomic E-state index is 0.438. The maximum Gasteiger partial charge on any atom is 0.119 e. The third-order valence-corrected chi connectivity index (χ3v) is 3.89. The molecule has 2 heteroatoms. The first-order chi connectivity index (χ1) is 8.84. The maximum atomic E-state index is 10.1. The van der Waals surface area contributed by atoms with Crippen LogP contribution < -0.4 is 0 Å². The van der Waals surface area contributed by atoms with Crippen LogP contribution in [0.15, 0.2) is 36.4 Å². The van der Waals surface area contributed by atoms with Crippen LogP contribution in [0.2, 0.25) is 0 Å². The van der Waals surface area contributed by atoms with Crippen molar-refractivity contribution in [1.29, 1.82) is 0 Å². The Morgan fingerprint density at radius 3 is 2.61 bits per heavy atom. The lowest BCUT2D eigenvalue weighted by atomic mass is 10.0. The summed E-state index contributed by atoms with van der Waals surface area (Å²) in [6.07, 6.45) is 3.58. The molecule has 1 aliphatic heterocycles. The van der Waals surface area contributed by atoms with Crippen molar-refractivity contribution in [2.75, 3.05) is 19.6 Å². The molecule has 1 aliphatic rings. The lowest BCUT2D eigenvalue weighted by Crippen LogP contribution is -2.22. The molecule has 0 unspecified atom stereocenters. The number of hydrogen-bond acceptors (Lipinski definition) is 2. The molecule has 2 aromatic carbocycles. The topological polar surface area (TPSA) is 23.5 Å². The van der Waals surface area contributed by atoms with E-state index in [4.69, 9.17) is 0 Å². The van der Waals surface area contributed by atoms with E-state index in [1.165, 1.54) is 36.7 Å². The number of aromatic hydroxyl groups is 1. The summed E-state index contributed by atoms with van der Waals surface area (Å²) in [5, 5.41) is 12.5. The number of phenolic OH excluding ortho intramolecular Hbond substituents is 1. The van der Waals surface area contributed by atoms with Crippen LogP contribution in [0.25, 0.3) is 10.8 Å². The molecule has 3 rings (SSSR count). The second kappa shape index (κ2) is 4.99. The van der Waals surface area contributed by atoms with Gasteiger partial charge in [0.1, 0.15) is 5.75 Å². The van der Waals surface area contributed by atoms with Crippen molar-refractivity contribution in [1.82, 2.24) is 4.90 Å².